The zero-order valence-electron chi connectivity index (χ0n) is 10.8. The average Bonchev–Trinajstić information content (AvgIpc) is 2.37. The first-order chi connectivity index (χ1) is 9.08. The second-order valence-corrected chi connectivity index (χ2v) is 5.27. The normalized spacial score (nSPS) is 11.8. The summed E-state index contributed by atoms with van der Waals surface area (Å²) in [6, 6.07) is 3.72. The van der Waals surface area contributed by atoms with Gasteiger partial charge in [-0.15, -0.1) is 11.8 Å². The molecule has 0 aromatic carbocycles. The Morgan fingerprint density at radius 2 is 2.11 bits per heavy atom. The Morgan fingerprint density at radius 3 is 2.74 bits per heavy atom. The van der Waals surface area contributed by atoms with Crippen molar-refractivity contribution in [2.24, 2.45) is 0 Å². The SMILES string of the molecule is CC(CCCC(=O)O)NC(=O)CSc1ccncc1. The van der Waals surface area contributed by atoms with Gasteiger partial charge in [-0.3, -0.25) is 14.6 Å². The molecule has 0 saturated carbocycles. The molecule has 19 heavy (non-hydrogen) atoms. The molecule has 1 rings (SSSR count). The van der Waals surface area contributed by atoms with Crippen LogP contribution in [0.15, 0.2) is 29.4 Å². The van der Waals surface area contributed by atoms with Gasteiger partial charge in [-0.2, -0.15) is 0 Å². The van der Waals surface area contributed by atoms with Crippen LogP contribution in [0.1, 0.15) is 26.2 Å². The van der Waals surface area contributed by atoms with Crippen molar-refractivity contribution in [2.75, 3.05) is 5.75 Å². The third-order valence-electron chi connectivity index (χ3n) is 2.45. The van der Waals surface area contributed by atoms with Gasteiger partial charge in [0.05, 0.1) is 5.75 Å². The maximum absolute atomic E-state index is 11.7. The van der Waals surface area contributed by atoms with Gasteiger partial charge < -0.3 is 10.4 Å². The lowest BCUT2D eigenvalue weighted by atomic mass is 10.1. The first-order valence-electron chi connectivity index (χ1n) is 6.12. The summed E-state index contributed by atoms with van der Waals surface area (Å²) in [6.45, 7) is 1.89. The second kappa shape index (κ2) is 8.53. The standard InChI is InChI=1S/C13H18N2O3S/c1-10(3-2-4-13(17)18)15-12(16)9-19-11-5-7-14-8-6-11/h5-8,10H,2-4,9H2,1H3,(H,15,16)(H,17,18). The quantitative estimate of drug-likeness (QED) is 0.712. The van der Waals surface area contributed by atoms with E-state index in [1.54, 1.807) is 12.4 Å². The minimum atomic E-state index is -0.799. The van der Waals surface area contributed by atoms with Crippen LogP contribution in [-0.2, 0) is 9.59 Å². The summed E-state index contributed by atoms with van der Waals surface area (Å²) in [4.78, 5) is 26.9. The van der Waals surface area contributed by atoms with Gasteiger partial charge in [-0.25, -0.2) is 0 Å². The monoisotopic (exact) mass is 282 g/mol. The number of carboxylic acid groups (broad SMARTS) is 1. The molecule has 2 N–H and O–H groups in total. The largest absolute Gasteiger partial charge is 0.481 e. The van der Waals surface area contributed by atoms with E-state index < -0.39 is 5.97 Å². The molecule has 0 aliphatic heterocycles. The maximum atomic E-state index is 11.7. The Balaban J connectivity index is 2.18. The van der Waals surface area contributed by atoms with Gasteiger partial charge in [-0.05, 0) is 31.9 Å². The number of nitrogens with zero attached hydrogens (tertiary/aromatic N) is 1. The van der Waals surface area contributed by atoms with Gasteiger partial charge in [0.25, 0.3) is 0 Å². The first kappa shape index (κ1) is 15.5. The molecule has 0 aliphatic rings. The fourth-order valence-electron chi connectivity index (χ4n) is 1.53. The molecule has 1 aromatic heterocycles. The predicted octanol–water partition coefficient (Wildman–Crippen LogP) is 1.93. The van der Waals surface area contributed by atoms with Gasteiger partial charge >= 0.3 is 5.97 Å². The summed E-state index contributed by atoms with van der Waals surface area (Å²) in [5.74, 6) is -0.482. The van der Waals surface area contributed by atoms with E-state index in [2.05, 4.69) is 10.3 Å². The zero-order valence-corrected chi connectivity index (χ0v) is 11.7. The Labute approximate surface area is 116 Å². The van der Waals surface area contributed by atoms with Gasteiger partial charge in [0, 0.05) is 29.8 Å². The van der Waals surface area contributed by atoms with Crippen molar-refractivity contribution in [3.05, 3.63) is 24.5 Å². The number of pyridine rings is 1. The van der Waals surface area contributed by atoms with Crippen molar-refractivity contribution >= 4 is 23.6 Å². The third kappa shape index (κ3) is 7.46. The first-order valence-corrected chi connectivity index (χ1v) is 7.10. The summed E-state index contributed by atoms with van der Waals surface area (Å²) >= 11 is 1.45. The highest BCUT2D eigenvalue weighted by Gasteiger charge is 2.08. The molecule has 0 radical (unpaired) electrons. The number of carboxylic acids is 1. The number of hydrogen-bond donors (Lipinski definition) is 2. The van der Waals surface area contributed by atoms with Crippen molar-refractivity contribution in [3.63, 3.8) is 0 Å². The Hall–Kier alpha value is -1.56. The van der Waals surface area contributed by atoms with Gasteiger partial charge in [-0.1, -0.05) is 0 Å². The topological polar surface area (TPSA) is 79.3 Å². The van der Waals surface area contributed by atoms with Crippen molar-refractivity contribution in [2.45, 2.75) is 37.1 Å². The summed E-state index contributed by atoms with van der Waals surface area (Å²) in [5, 5.41) is 11.4. The van der Waals surface area contributed by atoms with Gasteiger partial charge in [0.1, 0.15) is 0 Å². The number of amides is 1. The minimum Gasteiger partial charge on any atom is -0.481 e. The highest BCUT2D eigenvalue weighted by Crippen LogP contribution is 2.15. The number of carbonyl (C=O) groups excluding carboxylic acids is 1. The third-order valence-corrected chi connectivity index (χ3v) is 3.47. The molecule has 6 heteroatoms. The number of hydrogen-bond acceptors (Lipinski definition) is 4. The lowest BCUT2D eigenvalue weighted by molar-refractivity contribution is -0.137. The number of carbonyl (C=O) groups is 2. The molecule has 1 atom stereocenters. The Morgan fingerprint density at radius 1 is 1.42 bits per heavy atom. The number of rotatable bonds is 8. The molecule has 104 valence electrons. The molecular weight excluding hydrogens is 264 g/mol. The van der Waals surface area contributed by atoms with Crippen LogP contribution in [0.4, 0.5) is 0 Å². The molecule has 1 aromatic rings. The molecular formula is C13H18N2O3S. The van der Waals surface area contributed by atoms with Crippen LogP contribution in [0, 0.1) is 0 Å². The maximum Gasteiger partial charge on any atom is 0.303 e. The number of aliphatic carboxylic acids is 1. The van der Waals surface area contributed by atoms with E-state index in [1.165, 1.54) is 11.8 Å². The lowest BCUT2D eigenvalue weighted by Crippen LogP contribution is -2.33. The summed E-state index contributed by atoms with van der Waals surface area (Å²) in [6.07, 6.45) is 4.78. The second-order valence-electron chi connectivity index (χ2n) is 4.23. The van der Waals surface area contributed by atoms with E-state index >= 15 is 0 Å². The molecule has 0 saturated heterocycles. The smallest absolute Gasteiger partial charge is 0.303 e. The number of aromatic nitrogens is 1. The molecule has 0 bridgehead atoms. The number of thioether (sulfide) groups is 1. The highest BCUT2D eigenvalue weighted by atomic mass is 32.2. The van der Waals surface area contributed by atoms with Crippen LogP contribution >= 0.6 is 11.8 Å². The Kier molecular flexibility index (Phi) is 6.95. The van der Waals surface area contributed by atoms with Crippen molar-refractivity contribution in [3.8, 4) is 0 Å². The molecule has 1 heterocycles. The van der Waals surface area contributed by atoms with Crippen LogP contribution in [0.2, 0.25) is 0 Å². The van der Waals surface area contributed by atoms with E-state index in [9.17, 15) is 9.59 Å². The van der Waals surface area contributed by atoms with Crippen molar-refractivity contribution < 1.29 is 14.7 Å². The van der Waals surface area contributed by atoms with E-state index in [4.69, 9.17) is 5.11 Å². The zero-order chi connectivity index (χ0) is 14.1. The molecule has 0 spiro atoms. The van der Waals surface area contributed by atoms with Crippen LogP contribution < -0.4 is 5.32 Å². The van der Waals surface area contributed by atoms with Gasteiger partial charge in [0.2, 0.25) is 5.91 Å². The van der Waals surface area contributed by atoms with Crippen LogP contribution in [-0.4, -0.2) is 33.8 Å². The van der Waals surface area contributed by atoms with Crippen LogP contribution in [0.5, 0.6) is 0 Å². The van der Waals surface area contributed by atoms with E-state index in [1.807, 2.05) is 19.1 Å². The fourth-order valence-corrected chi connectivity index (χ4v) is 2.23. The van der Waals surface area contributed by atoms with E-state index in [0.29, 0.717) is 18.6 Å². The van der Waals surface area contributed by atoms with Crippen molar-refractivity contribution in [1.29, 1.82) is 0 Å². The minimum absolute atomic E-state index is 0.00453. The molecule has 0 aliphatic carbocycles. The molecule has 5 nitrogen and oxygen atoms in total. The summed E-state index contributed by atoms with van der Waals surface area (Å²) < 4.78 is 0. The molecule has 0 fully saturated rings. The lowest BCUT2D eigenvalue weighted by Gasteiger charge is -2.13. The Bertz CT molecular complexity index is 412. The van der Waals surface area contributed by atoms with E-state index in [-0.39, 0.29) is 18.4 Å². The van der Waals surface area contributed by atoms with Crippen molar-refractivity contribution in [1.82, 2.24) is 10.3 Å². The predicted molar refractivity (Wildman–Crippen MR) is 74.1 cm³/mol. The van der Waals surface area contributed by atoms with Crippen LogP contribution in [0.25, 0.3) is 0 Å². The number of nitrogens with one attached hydrogen (secondary N) is 1. The molecule has 1 unspecified atom stereocenters. The highest BCUT2D eigenvalue weighted by molar-refractivity contribution is 8.00. The fraction of sp³-hybridized carbons (Fsp3) is 0.462. The molecule has 1 amide bonds. The van der Waals surface area contributed by atoms with Crippen LogP contribution in [0.3, 0.4) is 0 Å². The average molecular weight is 282 g/mol. The summed E-state index contributed by atoms with van der Waals surface area (Å²) in [7, 11) is 0. The van der Waals surface area contributed by atoms with Gasteiger partial charge in [0.15, 0.2) is 0 Å². The summed E-state index contributed by atoms with van der Waals surface area (Å²) in [5.41, 5.74) is 0. The van der Waals surface area contributed by atoms with E-state index in [0.717, 1.165) is 4.90 Å².